The number of hydrogen-bond donors (Lipinski definition) is 2. The molecule has 2 heterocycles. The summed E-state index contributed by atoms with van der Waals surface area (Å²) in [6.45, 7) is 4.55. The van der Waals surface area contributed by atoms with Gasteiger partial charge in [-0.3, -0.25) is 9.59 Å². The van der Waals surface area contributed by atoms with Gasteiger partial charge < -0.3 is 15.2 Å². The molecule has 30 heavy (non-hydrogen) atoms. The van der Waals surface area contributed by atoms with Crippen LogP contribution in [0.15, 0.2) is 9.42 Å². The molecule has 0 spiro atoms. The minimum atomic E-state index is -3.67. The third-order valence-corrected chi connectivity index (χ3v) is 8.23. The maximum Gasteiger partial charge on any atom is 0.248 e. The lowest BCUT2D eigenvalue weighted by molar-refractivity contribution is -0.127. The van der Waals surface area contributed by atoms with Crippen LogP contribution >= 0.6 is 0 Å². The van der Waals surface area contributed by atoms with Crippen molar-refractivity contribution in [3.63, 3.8) is 0 Å². The van der Waals surface area contributed by atoms with Crippen LogP contribution in [0.4, 0.5) is 0 Å². The summed E-state index contributed by atoms with van der Waals surface area (Å²) in [6.07, 6.45) is 6.25. The van der Waals surface area contributed by atoms with E-state index >= 15 is 0 Å². The minimum Gasteiger partial charge on any atom is -0.360 e. The second kappa shape index (κ2) is 9.91. The molecule has 0 bridgehead atoms. The summed E-state index contributed by atoms with van der Waals surface area (Å²) in [6, 6.07) is 0. The Morgan fingerprint density at radius 3 is 2.00 bits per heavy atom. The number of hydrogen-bond acceptors (Lipinski definition) is 6. The van der Waals surface area contributed by atoms with Crippen LogP contribution in [0.3, 0.4) is 0 Å². The van der Waals surface area contributed by atoms with Crippen molar-refractivity contribution < 1.29 is 22.5 Å². The van der Waals surface area contributed by atoms with Gasteiger partial charge in [0.25, 0.3) is 0 Å². The van der Waals surface area contributed by atoms with E-state index < -0.39 is 10.0 Å². The molecule has 3 rings (SSSR count). The monoisotopic (exact) mass is 440 g/mol. The average Bonchev–Trinajstić information content (AvgIpc) is 3.10. The molecule has 10 heteroatoms. The number of carbonyl (C=O) groups is 2. The Kier molecular flexibility index (Phi) is 7.51. The molecule has 2 fully saturated rings. The normalized spacial score (nSPS) is 19.5. The zero-order valence-corrected chi connectivity index (χ0v) is 18.6. The molecule has 9 nitrogen and oxygen atoms in total. The number of aromatic nitrogens is 1. The second-order valence-corrected chi connectivity index (χ2v) is 10.1. The average molecular weight is 441 g/mol. The van der Waals surface area contributed by atoms with E-state index in [0.29, 0.717) is 31.6 Å². The lowest BCUT2D eigenvalue weighted by atomic mass is 9.89. The van der Waals surface area contributed by atoms with E-state index in [1.165, 1.54) is 10.7 Å². The summed E-state index contributed by atoms with van der Waals surface area (Å²) in [5, 5.41) is 9.50. The molecule has 2 N–H and O–H groups in total. The van der Waals surface area contributed by atoms with E-state index in [2.05, 4.69) is 15.8 Å². The number of nitrogens with one attached hydrogen (secondary N) is 2. The molecule has 0 aromatic carbocycles. The van der Waals surface area contributed by atoms with Gasteiger partial charge >= 0.3 is 0 Å². The zero-order valence-electron chi connectivity index (χ0n) is 17.8. The van der Waals surface area contributed by atoms with Crippen molar-refractivity contribution in [2.24, 2.45) is 11.8 Å². The molecule has 1 aliphatic carbocycles. The minimum absolute atomic E-state index is 0.0850. The van der Waals surface area contributed by atoms with Gasteiger partial charge in [0.15, 0.2) is 5.76 Å². The Morgan fingerprint density at radius 1 is 0.967 bits per heavy atom. The highest BCUT2D eigenvalue weighted by atomic mass is 32.2. The smallest absolute Gasteiger partial charge is 0.248 e. The van der Waals surface area contributed by atoms with Gasteiger partial charge in [0, 0.05) is 38.0 Å². The molecule has 1 saturated carbocycles. The van der Waals surface area contributed by atoms with Crippen LogP contribution in [0.2, 0.25) is 0 Å². The van der Waals surface area contributed by atoms with E-state index in [0.717, 1.165) is 25.7 Å². The van der Waals surface area contributed by atoms with Crippen LogP contribution < -0.4 is 10.6 Å². The molecule has 168 valence electrons. The maximum atomic E-state index is 12.9. The maximum absolute atomic E-state index is 12.9. The standard InChI is InChI=1S/C20H32N4O5S/c1-14-18(15(2)29-23-14)30(27,28)24-12-8-17(9-13-24)20(26)22-11-10-21-19(25)16-6-4-3-5-7-16/h16-17H,3-13H2,1-2H3,(H,21,25)(H,22,26). The van der Waals surface area contributed by atoms with Gasteiger partial charge in [0.2, 0.25) is 21.8 Å². The second-order valence-electron chi connectivity index (χ2n) is 8.25. The Morgan fingerprint density at radius 2 is 1.50 bits per heavy atom. The molecule has 1 saturated heterocycles. The highest BCUT2D eigenvalue weighted by Gasteiger charge is 2.35. The first kappa shape index (κ1) is 22.7. The Labute approximate surface area is 178 Å². The van der Waals surface area contributed by atoms with E-state index in [9.17, 15) is 18.0 Å². The predicted molar refractivity (Wildman–Crippen MR) is 110 cm³/mol. The van der Waals surface area contributed by atoms with Gasteiger partial charge in [-0.2, -0.15) is 4.31 Å². The summed E-state index contributed by atoms with van der Waals surface area (Å²) < 4.78 is 32.1. The molecule has 2 amide bonds. The van der Waals surface area contributed by atoms with Gasteiger partial charge in [0.1, 0.15) is 10.6 Å². The van der Waals surface area contributed by atoms with Crippen molar-refractivity contribution in [2.45, 2.75) is 63.7 Å². The Hall–Kier alpha value is -1.94. The molecule has 2 aliphatic rings. The highest BCUT2D eigenvalue weighted by molar-refractivity contribution is 7.89. The molecule has 1 aromatic heterocycles. The van der Waals surface area contributed by atoms with Crippen LogP contribution in [-0.4, -0.2) is 55.9 Å². The predicted octanol–water partition coefficient (Wildman–Crippen LogP) is 1.50. The number of nitrogens with zero attached hydrogens (tertiary/aromatic N) is 2. The molecule has 0 atom stereocenters. The first-order valence-electron chi connectivity index (χ1n) is 10.8. The van der Waals surface area contributed by atoms with Crippen molar-refractivity contribution in [1.29, 1.82) is 0 Å². The summed E-state index contributed by atoms with van der Waals surface area (Å²) in [7, 11) is -3.67. The lowest BCUT2D eigenvalue weighted by Gasteiger charge is -2.30. The fourth-order valence-corrected chi connectivity index (χ4v) is 6.12. The number of amides is 2. The van der Waals surface area contributed by atoms with Crippen LogP contribution in [-0.2, 0) is 19.6 Å². The number of aryl methyl sites for hydroxylation is 2. The molecular formula is C20H32N4O5S. The summed E-state index contributed by atoms with van der Waals surface area (Å²) in [5.74, 6) is 0.161. The quantitative estimate of drug-likeness (QED) is 0.620. The number of rotatable bonds is 7. The number of sulfonamides is 1. The van der Waals surface area contributed by atoms with Crippen molar-refractivity contribution in [2.75, 3.05) is 26.2 Å². The number of carbonyl (C=O) groups excluding carboxylic acids is 2. The lowest BCUT2D eigenvalue weighted by Crippen LogP contribution is -2.44. The first-order chi connectivity index (χ1) is 14.3. The Balaban J connectivity index is 1.40. The fourth-order valence-electron chi connectivity index (χ4n) is 4.36. The number of piperidine rings is 1. The van der Waals surface area contributed by atoms with Crippen LogP contribution in [0.5, 0.6) is 0 Å². The molecular weight excluding hydrogens is 408 g/mol. The summed E-state index contributed by atoms with van der Waals surface area (Å²) >= 11 is 0. The third kappa shape index (κ3) is 5.21. The van der Waals surface area contributed by atoms with Gasteiger partial charge in [-0.1, -0.05) is 24.4 Å². The Bertz CT molecular complexity index is 833. The van der Waals surface area contributed by atoms with Crippen LogP contribution in [0.25, 0.3) is 0 Å². The highest BCUT2D eigenvalue weighted by Crippen LogP contribution is 2.27. The molecule has 0 unspecified atom stereocenters. The van der Waals surface area contributed by atoms with Crippen LogP contribution in [0, 0.1) is 25.7 Å². The topological polar surface area (TPSA) is 122 Å². The van der Waals surface area contributed by atoms with Crippen molar-refractivity contribution in [3.05, 3.63) is 11.5 Å². The third-order valence-electron chi connectivity index (χ3n) is 6.09. The fraction of sp³-hybridized carbons (Fsp3) is 0.750. The van der Waals surface area contributed by atoms with E-state index in [-0.39, 0.29) is 47.4 Å². The van der Waals surface area contributed by atoms with Gasteiger partial charge in [-0.25, -0.2) is 8.42 Å². The van der Waals surface area contributed by atoms with Gasteiger partial charge in [-0.15, -0.1) is 0 Å². The van der Waals surface area contributed by atoms with Gasteiger partial charge in [0.05, 0.1) is 0 Å². The first-order valence-corrected chi connectivity index (χ1v) is 12.2. The van der Waals surface area contributed by atoms with E-state index in [4.69, 9.17) is 4.52 Å². The molecule has 0 radical (unpaired) electrons. The van der Waals surface area contributed by atoms with Gasteiger partial charge in [-0.05, 0) is 39.5 Å². The van der Waals surface area contributed by atoms with Crippen LogP contribution in [0.1, 0.15) is 56.4 Å². The summed E-state index contributed by atoms with van der Waals surface area (Å²) in [4.78, 5) is 24.7. The summed E-state index contributed by atoms with van der Waals surface area (Å²) in [5.41, 5.74) is 0.350. The molecule has 1 aliphatic heterocycles. The molecule has 1 aromatic rings. The van der Waals surface area contributed by atoms with E-state index in [1.54, 1.807) is 13.8 Å². The zero-order chi connectivity index (χ0) is 21.7. The van der Waals surface area contributed by atoms with Crippen molar-refractivity contribution >= 4 is 21.8 Å². The van der Waals surface area contributed by atoms with Crippen molar-refractivity contribution in [1.82, 2.24) is 20.1 Å². The van der Waals surface area contributed by atoms with Crippen molar-refractivity contribution in [3.8, 4) is 0 Å². The SMILES string of the molecule is Cc1noc(C)c1S(=O)(=O)N1CCC(C(=O)NCCNC(=O)C2CCCCC2)CC1. The largest absolute Gasteiger partial charge is 0.360 e. The van der Waals surface area contributed by atoms with E-state index in [1.807, 2.05) is 0 Å².